The molecule has 0 bridgehead atoms. The van der Waals surface area contributed by atoms with Gasteiger partial charge in [0, 0.05) is 25.9 Å². The molecule has 0 aliphatic carbocycles. The zero-order valence-corrected chi connectivity index (χ0v) is 29.3. The molecule has 0 aliphatic rings. The Morgan fingerprint density at radius 1 is 0.500 bits per heavy atom. The number of halogens is 1. The van der Waals surface area contributed by atoms with E-state index in [4.69, 9.17) is 28.4 Å². The highest BCUT2D eigenvalue weighted by molar-refractivity contribution is 9.09. The van der Waals surface area contributed by atoms with Gasteiger partial charge in [0.2, 0.25) is 11.8 Å². The Balaban J connectivity index is 3.22. The van der Waals surface area contributed by atoms with Crippen LogP contribution < -0.4 is 10.6 Å². The molecule has 44 heavy (non-hydrogen) atoms. The molecule has 12 heteroatoms. The predicted molar refractivity (Wildman–Crippen MR) is 175 cm³/mol. The van der Waals surface area contributed by atoms with Gasteiger partial charge >= 0.3 is 5.97 Å². The number of rotatable bonds is 32. The lowest BCUT2D eigenvalue weighted by Gasteiger charge is -2.19. The summed E-state index contributed by atoms with van der Waals surface area (Å²) in [4.78, 5) is 34.7. The van der Waals surface area contributed by atoms with E-state index in [0.29, 0.717) is 97.3 Å². The summed E-state index contributed by atoms with van der Waals surface area (Å²) in [7, 11) is 0. The summed E-state index contributed by atoms with van der Waals surface area (Å²) in [6.45, 7) is 11.5. The molecular formula is C32H61BrN2O9. The fourth-order valence-corrected chi connectivity index (χ4v) is 4.20. The van der Waals surface area contributed by atoms with Crippen LogP contribution in [0, 0.1) is 0 Å². The first-order valence-electron chi connectivity index (χ1n) is 16.4. The molecule has 0 fully saturated rings. The number of carbonyl (C=O) groups is 3. The van der Waals surface area contributed by atoms with Gasteiger partial charge in [-0.1, -0.05) is 67.3 Å². The van der Waals surface area contributed by atoms with Gasteiger partial charge in [-0.25, -0.2) is 0 Å². The summed E-state index contributed by atoms with van der Waals surface area (Å²) in [6, 6.07) is 0. The van der Waals surface area contributed by atoms with Crippen LogP contribution in [-0.2, 0) is 42.8 Å². The van der Waals surface area contributed by atoms with Crippen LogP contribution in [-0.4, -0.2) is 108 Å². The summed E-state index contributed by atoms with van der Waals surface area (Å²) in [5.74, 6) is -0.0667. The Kier molecular flexibility index (Phi) is 30.7. The molecule has 0 aromatic rings. The van der Waals surface area contributed by atoms with Gasteiger partial charge in [-0.15, -0.1) is 0 Å². The van der Waals surface area contributed by atoms with Crippen molar-refractivity contribution in [3.8, 4) is 0 Å². The van der Waals surface area contributed by atoms with Crippen LogP contribution in [0.3, 0.4) is 0 Å². The van der Waals surface area contributed by atoms with Crippen molar-refractivity contribution in [1.82, 2.24) is 10.6 Å². The average Bonchev–Trinajstić information content (AvgIpc) is 2.97. The van der Waals surface area contributed by atoms with Crippen molar-refractivity contribution in [2.75, 3.05) is 84.5 Å². The van der Waals surface area contributed by atoms with E-state index in [-0.39, 0.29) is 17.8 Å². The molecule has 0 aromatic carbocycles. The van der Waals surface area contributed by atoms with Gasteiger partial charge in [-0.3, -0.25) is 14.4 Å². The Labute approximate surface area is 274 Å². The smallest absolute Gasteiger partial charge is 0.306 e. The van der Waals surface area contributed by atoms with Gasteiger partial charge in [0.15, 0.2) is 0 Å². The minimum absolute atomic E-state index is 0.0579. The highest BCUT2D eigenvalue weighted by atomic mass is 79.9. The second-order valence-corrected chi connectivity index (χ2v) is 12.1. The fraction of sp³-hybridized carbons (Fsp3) is 0.906. The van der Waals surface area contributed by atoms with Gasteiger partial charge < -0.3 is 39.1 Å². The number of unbranched alkanes of at least 4 members (excludes halogenated alkanes) is 9. The Hall–Kier alpha value is -1.31. The van der Waals surface area contributed by atoms with Crippen molar-refractivity contribution < 1.29 is 42.8 Å². The topological polar surface area (TPSA) is 131 Å². The Bertz CT molecular complexity index is 693. The SMILES string of the molecule is CC(C)(C)OC(=O)CCCCCCCCCCCCC(=O)NCCOCCOCCOCCOCCOCCNC(=O)CBr. The third-order valence-electron chi connectivity index (χ3n) is 6.20. The fourth-order valence-electron chi connectivity index (χ4n) is 4.00. The van der Waals surface area contributed by atoms with Crippen molar-refractivity contribution in [1.29, 1.82) is 0 Å². The lowest BCUT2D eigenvalue weighted by atomic mass is 10.0. The molecule has 0 aromatic heterocycles. The van der Waals surface area contributed by atoms with E-state index in [2.05, 4.69) is 26.6 Å². The monoisotopic (exact) mass is 696 g/mol. The predicted octanol–water partition coefficient (Wildman–Crippen LogP) is 4.72. The van der Waals surface area contributed by atoms with E-state index in [0.717, 1.165) is 25.7 Å². The number of carbonyl (C=O) groups excluding carboxylic acids is 3. The van der Waals surface area contributed by atoms with Crippen LogP contribution in [0.25, 0.3) is 0 Å². The largest absolute Gasteiger partial charge is 0.460 e. The Morgan fingerprint density at radius 3 is 1.23 bits per heavy atom. The zero-order valence-electron chi connectivity index (χ0n) is 27.7. The average molecular weight is 698 g/mol. The summed E-state index contributed by atoms with van der Waals surface area (Å²) < 4.78 is 32.5. The second-order valence-electron chi connectivity index (χ2n) is 11.5. The molecule has 0 aliphatic heterocycles. The van der Waals surface area contributed by atoms with E-state index in [1.54, 1.807) is 0 Å². The molecule has 0 spiro atoms. The third kappa shape index (κ3) is 35.2. The second kappa shape index (κ2) is 31.7. The number of ether oxygens (including phenoxy) is 6. The number of nitrogens with one attached hydrogen (secondary N) is 2. The molecule has 0 radical (unpaired) electrons. The molecule has 2 amide bonds. The third-order valence-corrected chi connectivity index (χ3v) is 6.71. The van der Waals surface area contributed by atoms with Crippen molar-refractivity contribution in [3.63, 3.8) is 0 Å². The van der Waals surface area contributed by atoms with Gasteiger partial charge in [0.1, 0.15) is 5.60 Å². The first-order valence-corrected chi connectivity index (χ1v) is 17.6. The quantitative estimate of drug-likeness (QED) is 0.0583. The van der Waals surface area contributed by atoms with Crippen LogP contribution in [0.4, 0.5) is 0 Å². The number of amides is 2. The number of hydrogen-bond donors (Lipinski definition) is 2. The summed E-state index contributed by atoms with van der Waals surface area (Å²) in [6.07, 6.45) is 12.4. The van der Waals surface area contributed by atoms with Crippen LogP contribution in [0.1, 0.15) is 97.8 Å². The minimum atomic E-state index is -0.391. The maximum atomic E-state index is 12.0. The van der Waals surface area contributed by atoms with Gasteiger partial charge in [0.05, 0.1) is 71.4 Å². The van der Waals surface area contributed by atoms with Gasteiger partial charge in [-0.05, 0) is 33.6 Å². The summed E-state index contributed by atoms with van der Waals surface area (Å²) >= 11 is 3.08. The van der Waals surface area contributed by atoms with E-state index in [9.17, 15) is 14.4 Å². The molecule has 260 valence electrons. The van der Waals surface area contributed by atoms with Crippen molar-refractivity contribution >= 4 is 33.7 Å². The highest BCUT2D eigenvalue weighted by Crippen LogP contribution is 2.14. The first-order chi connectivity index (χ1) is 21.2. The molecule has 0 unspecified atom stereocenters. The molecule has 2 N–H and O–H groups in total. The lowest BCUT2D eigenvalue weighted by Crippen LogP contribution is -2.28. The van der Waals surface area contributed by atoms with E-state index < -0.39 is 5.60 Å². The first kappa shape index (κ1) is 42.7. The number of hydrogen-bond acceptors (Lipinski definition) is 9. The molecule has 0 saturated carbocycles. The summed E-state index contributed by atoms with van der Waals surface area (Å²) in [5.41, 5.74) is -0.391. The van der Waals surface area contributed by atoms with Crippen LogP contribution in [0.2, 0.25) is 0 Å². The molecule has 0 heterocycles. The van der Waals surface area contributed by atoms with Gasteiger partial charge in [-0.2, -0.15) is 0 Å². The van der Waals surface area contributed by atoms with Crippen molar-refractivity contribution in [2.45, 2.75) is 103 Å². The molecule has 0 rings (SSSR count). The van der Waals surface area contributed by atoms with Crippen molar-refractivity contribution in [2.24, 2.45) is 0 Å². The normalized spacial score (nSPS) is 11.5. The minimum Gasteiger partial charge on any atom is -0.460 e. The molecular weight excluding hydrogens is 636 g/mol. The number of alkyl halides is 1. The maximum Gasteiger partial charge on any atom is 0.306 e. The lowest BCUT2D eigenvalue weighted by molar-refractivity contribution is -0.155. The Morgan fingerprint density at radius 2 is 0.841 bits per heavy atom. The maximum absolute atomic E-state index is 12.0. The van der Waals surface area contributed by atoms with E-state index in [1.807, 2.05) is 20.8 Å². The van der Waals surface area contributed by atoms with Crippen LogP contribution in [0.5, 0.6) is 0 Å². The zero-order chi connectivity index (χ0) is 32.6. The molecule has 0 saturated heterocycles. The van der Waals surface area contributed by atoms with Gasteiger partial charge in [0.25, 0.3) is 0 Å². The van der Waals surface area contributed by atoms with E-state index >= 15 is 0 Å². The standard InChI is InChI=1S/C32H61BrN2O9/c1-32(2,3)44-31(38)15-13-11-9-7-5-4-6-8-10-12-14-29(36)34-16-18-39-20-22-41-24-26-43-27-25-42-23-21-40-19-17-35-30(37)28-33/h4-28H2,1-3H3,(H,34,36)(H,35,37). The molecule has 0 atom stereocenters. The number of esters is 1. The van der Waals surface area contributed by atoms with Crippen molar-refractivity contribution in [3.05, 3.63) is 0 Å². The van der Waals surface area contributed by atoms with Crippen LogP contribution in [0.15, 0.2) is 0 Å². The van der Waals surface area contributed by atoms with Crippen LogP contribution >= 0.6 is 15.9 Å². The van der Waals surface area contributed by atoms with E-state index in [1.165, 1.54) is 38.5 Å². The summed E-state index contributed by atoms with van der Waals surface area (Å²) in [5, 5.41) is 5.90. The molecule has 11 nitrogen and oxygen atoms in total. The highest BCUT2D eigenvalue weighted by Gasteiger charge is 2.15.